The summed E-state index contributed by atoms with van der Waals surface area (Å²) >= 11 is 0. The minimum atomic E-state index is -10.7. The van der Waals surface area contributed by atoms with Crippen LogP contribution in [0.3, 0.4) is 0 Å². The maximum atomic E-state index is 9.87. The second kappa shape index (κ2) is 5.44. The molecule has 0 aromatic rings. The minimum absolute atomic E-state index is 0.557. The second-order valence-electron chi connectivity index (χ2n) is 3.72. The van der Waals surface area contributed by atoms with Crippen LogP contribution in [0.1, 0.15) is 20.8 Å². The van der Waals surface area contributed by atoms with Crippen LogP contribution in [0.25, 0.3) is 0 Å². The molecule has 0 aromatic heterocycles. The van der Waals surface area contributed by atoms with Gasteiger partial charge in [0.05, 0.1) is 24.6 Å². The molecule has 0 unspecified atom stereocenters. The van der Waals surface area contributed by atoms with E-state index in [2.05, 4.69) is 33.4 Å². The van der Waals surface area contributed by atoms with Crippen molar-refractivity contribution in [1.29, 1.82) is 0 Å². The third kappa shape index (κ3) is 18.7. The van der Waals surface area contributed by atoms with Gasteiger partial charge in [0.25, 0.3) is 0 Å². The molecule has 0 aliphatic heterocycles. The zero-order valence-corrected chi connectivity index (χ0v) is 12.1. The van der Waals surface area contributed by atoms with E-state index in [1.54, 1.807) is 0 Å². The van der Waals surface area contributed by atoms with Crippen LogP contribution >= 0.6 is 15.1 Å². The standard InChI is InChI=1S/C9H20P.F6P/c1-5-9-10(6-2,7-3)8-4;1-7(2,3,4,5)6/h5H,1,6-9H2,2-4H3;/q+1;-1. The van der Waals surface area contributed by atoms with Crippen LogP contribution in [0.4, 0.5) is 25.2 Å². The molecular weight excluding hydrogens is 284 g/mol. The van der Waals surface area contributed by atoms with Crippen LogP contribution in [-0.2, 0) is 0 Å². The zero-order chi connectivity index (χ0) is 14.4. The van der Waals surface area contributed by atoms with Crippen LogP contribution < -0.4 is 0 Å². The van der Waals surface area contributed by atoms with Gasteiger partial charge in [0.15, 0.2) is 0 Å². The molecule has 0 radical (unpaired) electrons. The molecule has 108 valence electrons. The van der Waals surface area contributed by atoms with Crippen molar-refractivity contribution in [2.75, 3.05) is 24.6 Å². The van der Waals surface area contributed by atoms with Crippen molar-refractivity contribution in [3.8, 4) is 0 Å². The summed E-state index contributed by atoms with van der Waals surface area (Å²) in [6.45, 7) is 10.8. The second-order valence-corrected chi connectivity index (χ2v) is 10.6. The molecule has 0 heterocycles. The van der Waals surface area contributed by atoms with Crippen LogP contribution in [0, 0.1) is 0 Å². The Morgan fingerprint density at radius 3 is 1.18 bits per heavy atom. The summed E-state index contributed by atoms with van der Waals surface area (Å²) in [6, 6.07) is 0. The van der Waals surface area contributed by atoms with Gasteiger partial charge >= 0.3 is 33.0 Å². The van der Waals surface area contributed by atoms with E-state index in [0.29, 0.717) is 0 Å². The number of allylic oxidation sites excluding steroid dienone is 1. The molecule has 0 spiro atoms. The molecule has 0 rings (SSSR count). The summed E-state index contributed by atoms with van der Waals surface area (Å²) in [5.74, 6) is 0. The molecule has 0 saturated heterocycles. The quantitative estimate of drug-likeness (QED) is 0.304. The molecule has 17 heavy (non-hydrogen) atoms. The predicted molar refractivity (Wildman–Crippen MR) is 67.2 cm³/mol. The summed E-state index contributed by atoms with van der Waals surface area (Å²) in [7, 11) is -11.2. The van der Waals surface area contributed by atoms with Crippen LogP contribution in [0.2, 0.25) is 0 Å². The number of hydrogen-bond donors (Lipinski definition) is 0. The van der Waals surface area contributed by atoms with Gasteiger partial charge in [-0.1, -0.05) is 12.7 Å². The van der Waals surface area contributed by atoms with E-state index in [1.807, 2.05) is 0 Å². The Labute approximate surface area is 99.0 Å². The van der Waals surface area contributed by atoms with Crippen molar-refractivity contribution < 1.29 is 25.2 Å². The van der Waals surface area contributed by atoms with E-state index >= 15 is 0 Å². The van der Waals surface area contributed by atoms with Gasteiger partial charge in [-0.15, -0.1) is 0 Å². The fraction of sp³-hybridized carbons (Fsp3) is 0.778. The third-order valence-electron chi connectivity index (χ3n) is 2.53. The van der Waals surface area contributed by atoms with Crippen molar-refractivity contribution in [2.45, 2.75) is 20.8 Å². The maximum absolute atomic E-state index is 10.7. The summed E-state index contributed by atoms with van der Waals surface area (Å²) < 4.78 is 59.2. The molecule has 0 atom stereocenters. The van der Waals surface area contributed by atoms with Crippen LogP contribution in [0.15, 0.2) is 12.7 Å². The Balaban J connectivity index is 0. The molecule has 0 N–H and O–H groups in total. The summed E-state index contributed by atoms with van der Waals surface area (Å²) in [5, 5.41) is 0. The molecule has 0 fully saturated rings. The molecular formula is C9H20F6P2. The number of halogens is 6. The Hall–Kier alpha value is 0.180. The average Bonchev–Trinajstić information content (AvgIpc) is 2.09. The van der Waals surface area contributed by atoms with Gasteiger partial charge in [-0.05, 0) is 20.8 Å². The van der Waals surface area contributed by atoms with Crippen molar-refractivity contribution in [2.24, 2.45) is 0 Å². The Morgan fingerprint density at radius 1 is 0.882 bits per heavy atom. The van der Waals surface area contributed by atoms with E-state index in [1.165, 1.54) is 24.6 Å². The van der Waals surface area contributed by atoms with Gasteiger partial charge in [0.1, 0.15) is 0 Å². The van der Waals surface area contributed by atoms with Crippen molar-refractivity contribution in [3.05, 3.63) is 12.7 Å². The topological polar surface area (TPSA) is 0 Å². The van der Waals surface area contributed by atoms with Gasteiger partial charge in [0, 0.05) is 7.26 Å². The SMILES string of the molecule is C=CC[P+](CC)(CC)CC.F[P-](F)(F)(F)(F)F. The first-order chi connectivity index (χ1) is 7.19. The first-order valence-corrected chi connectivity index (χ1v) is 9.78. The Kier molecular flexibility index (Phi) is 6.25. The molecule has 8 heteroatoms. The van der Waals surface area contributed by atoms with Gasteiger partial charge in [-0.3, -0.25) is 0 Å². The van der Waals surface area contributed by atoms with E-state index in [4.69, 9.17) is 0 Å². The van der Waals surface area contributed by atoms with Crippen molar-refractivity contribution >= 4 is 15.1 Å². The summed E-state index contributed by atoms with van der Waals surface area (Å²) in [5.41, 5.74) is 0. The first kappa shape index (κ1) is 19.5. The van der Waals surface area contributed by atoms with Crippen molar-refractivity contribution in [3.63, 3.8) is 0 Å². The molecule has 0 amide bonds. The molecule has 0 nitrogen and oxygen atoms in total. The fourth-order valence-electron chi connectivity index (χ4n) is 1.33. The Bertz CT molecular complexity index is 218. The van der Waals surface area contributed by atoms with Crippen molar-refractivity contribution in [1.82, 2.24) is 0 Å². The van der Waals surface area contributed by atoms with E-state index in [0.717, 1.165) is 0 Å². The normalized spacial score (nSPS) is 16.3. The molecule has 0 aliphatic rings. The monoisotopic (exact) mass is 304 g/mol. The third-order valence-corrected chi connectivity index (χ3v) is 7.59. The van der Waals surface area contributed by atoms with Gasteiger partial charge in [-0.2, -0.15) is 0 Å². The van der Waals surface area contributed by atoms with E-state index < -0.39 is 15.1 Å². The van der Waals surface area contributed by atoms with E-state index in [9.17, 15) is 25.2 Å². The van der Waals surface area contributed by atoms with Gasteiger partial charge in [-0.25, -0.2) is 0 Å². The fourth-order valence-corrected chi connectivity index (χ4v) is 4.00. The summed E-state index contributed by atoms with van der Waals surface area (Å²) in [4.78, 5) is 0. The number of rotatable bonds is 5. The molecule has 0 saturated carbocycles. The van der Waals surface area contributed by atoms with E-state index in [-0.39, 0.29) is 0 Å². The number of hydrogen-bond acceptors (Lipinski definition) is 0. The first-order valence-electron chi connectivity index (χ1n) is 5.22. The van der Waals surface area contributed by atoms with Gasteiger partial charge in [0.2, 0.25) is 0 Å². The average molecular weight is 304 g/mol. The van der Waals surface area contributed by atoms with Crippen LogP contribution in [-0.4, -0.2) is 24.6 Å². The zero-order valence-electron chi connectivity index (χ0n) is 10.3. The molecule has 0 bridgehead atoms. The molecule has 0 aromatic carbocycles. The van der Waals surface area contributed by atoms with Crippen LogP contribution in [0.5, 0.6) is 0 Å². The molecule has 0 aliphatic carbocycles. The Morgan fingerprint density at radius 2 is 1.12 bits per heavy atom. The van der Waals surface area contributed by atoms with Gasteiger partial charge < -0.3 is 0 Å². The predicted octanol–water partition coefficient (Wildman–Crippen LogP) is 6.63. The summed E-state index contributed by atoms with van der Waals surface area (Å²) in [6.07, 6.45) is 7.57.